The minimum Gasteiger partial charge on any atom is -0.508 e. The van der Waals surface area contributed by atoms with E-state index in [1.165, 1.54) is 19.3 Å². The second kappa shape index (κ2) is 6.09. The topological polar surface area (TPSA) is 49.3 Å². The fraction of sp³-hybridized carbons (Fsp3) is 0.562. The summed E-state index contributed by atoms with van der Waals surface area (Å²) in [5, 5.41) is 12.4. The summed E-state index contributed by atoms with van der Waals surface area (Å²) >= 11 is 0. The molecule has 1 fully saturated rings. The molecule has 2 rings (SSSR count). The van der Waals surface area contributed by atoms with Gasteiger partial charge in [-0.3, -0.25) is 4.79 Å². The molecule has 0 heterocycles. The zero-order valence-corrected chi connectivity index (χ0v) is 11.8. The van der Waals surface area contributed by atoms with Crippen molar-refractivity contribution in [3.05, 3.63) is 23.8 Å². The van der Waals surface area contributed by atoms with Gasteiger partial charge in [0.2, 0.25) is 5.91 Å². The Labute approximate surface area is 115 Å². The predicted molar refractivity (Wildman–Crippen MR) is 77.2 cm³/mol. The molecule has 1 aliphatic rings. The molecule has 1 saturated carbocycles. The third kappa shape index (κ3) is 3.49. The molecule has 1 aliphatic carbocycles. The lowest BCUT2D eigenvalue weighted by molar-refractivity contribution is -0.121. The Kier molecular flexibility index (Phi) is 4.46. The lowest BCUT2D eigenvalue weighted by Crippen LogP contribution is -2.27. The number of aryl methyl sites for hydroxylation is 1. The first-order valence-corrected chi connectivity index (χ1v) is 7.20. The van der Waals surface area contributed by atoms with Crippen molar-refractivity contribution >= 4 is 11.6 Å². The van der Waals surface area contributed by atoms with Gasteiger partial charge in [0.05, 0.1) is 0 Å². The molecule has 0 atom stereocenters. The van der Waals surface area contributed by atoms with E-state index in [1.54, 1.807) is 12.1 Å². The molecule has 19 heavy (non-hydrogen) atoms. The van der Waals surface area contributed by atoms with Crippen LogP contribution in [0.2, 0.25) is 0 Å². The van der Waals surface area contributed by atoms with Gasteiger partial charge in [0.25, 0.3) is 0 Å². The van der Waals surface area contributed by atoms with E-state index >= 15 is 0 Å². The van der Waals surface area contributed by atoms with Crippen molar-refractivity contribution in [3.63, 3.8) is 0 Å². The number of rotatable bonds is 3. The monoisotopic (exact) mass is 261 g/mol. The van der Waals surface area contributed by atoms with Gasteiger partial charge in [0.1, 0.15) is 5.75 Å². The number of hydrogen-bond donors (Lipinski definition) is 2. The van der Waals surface area contributed by atoms with Crippen molar-refractivity contribution in [2.24, 2.45) is 11.8 Å². The molecule has 0 unspecified atom stereocenters. The van der Waals surface area contributed by atoms with Gasteiger partial charge in [-0.05, 0) is 62.3 Å². The van der Waals surface area contributed by atoms with Crippen LogP contribution in [0, 0.1) is 18.8 Å². The van der Waals surface area contributed by atoms with E-state index in [4.69, 9.17) is 0 Å². The zero-order valence-electron chi connectivity index (χ0n) is 11.8. The first-order chi connectivity index (χ1) is 9.10. The minimum atomic E-state index is 0.125. The molecule has 3 heteroatoms. The summed E-state index contributed by atoms with van der Waals surface area (Å²) in [6, 6.07) is 5.18. The highest BCUT2D eigenvalue weighted by molar-refractivity contribution is 5.92. The summed E-state index contributed by atoms with van der Waals surface area (Å²) in [5.41, 5.74) is 1.56. The van der Waals surface area contributed by atoms with Crippen LogP contribution >= 0.6 is 0 Å². The van der Waals surface area contributed by atoms with Crippen LogP contribution in [-0.4, -0.2) is 11.0 Å². The fourth-order valence-electron chi connectivity index (χ4n) is 2.81. The maximum atomic E-state index is 12.2. The van der Waals surface area contributed by atoms with Gasteiger partial charge in [-0.2, -0.15) is 0 Å². The first kappa shape index (κ1) is 13.9. The lowest BCUT2D eigenvalue weighted by Gasteiger charge is -2.26. The number of amides is 1. The Morgan fingerprint density at radius 2 is 2.00 bits per heavy atom. The number of carbonyl (C=O) groups is 1. The number of aromatic hydroxyl groups is 1. The molecular weight excluding hydrogens is 238 g/mol. The molecule has 0 radical (unpaired) electrons. The second-order valence-electron chi connectivity index (χ2n) is 5.62. The van der Waals surface area contributed by atoms with Crippen molar-refractivity contribution in [2.75, 3.05) is 5.32 Å². The Bertz CT molecular complexity index is 448. The number of phenolic OH excluding ortho intramolecular Hbond substituents is 1. The van der Waals surface area contributed by atoms with Crippen LogP contribution in [-0.2, 0) is 4.79 Å². The molecule has 1 amide bonds. The molecule has 1 aromatic carbocycles. The van der Waals surface area contributed by atoms with Gasteiger partial charge in [-0.1, -0.05) is 13.3 Å². The first-order valence-electron chi connectivity index (χ1n) is 7.20. The molecule has 0 saturated heterocycles. The highest BCUT2D eigenvalue weighted by Gasteiger charge is 2.25. The Hall–Kier alpha value is -1.51. The third-order valence-electron chi connectivity index (χ3n) is 4.26. The van der Waals surface area contributed by atoms with Crippen molar-refractivity contribution in [1.82, 2.24) is 0 Å². The summed E-state index contributed by atoms with van der Waals surface area (Å²) < 4.78 is 0. The van der Waals surface area contributed by atoms with Gasteiger partial charge in [-0.25, -0.2) is 0 Å². The molecule has 104 valence electrons. The highest BCUT2D eigenvalue weighted by atomic mass is 16.3. The van der Waals surface area contributed by atoms with Gasteiger partial charge in [0.15, 0.2) is 0 Å². The van der Waals surface area contributed by atoms with Crippen molar-refractivity contribution in [1.29, 1.82) is 0 Å². The lowest BCUT2D eigenvalue weighted by atomic mass is 9.80. The van der Waals surface area contributed by atoms with E-state index in [0.717, 1.165) is 30.0 Å². The van der Waals surface area contributed by atoms with Crippen LogP contribution < -0.4 is 5.32 Å². The van der Waals surface area contributed by atoms with Crippen LogP contribution in [0.3, 0.4) is 0 Å². The van der Waals surface area contributed by atoms with Crippen LogP contribution in [0.25, 0.3) is 0 Å². The van der Waals surface area contributed by atoms with Gasteiger partial charge in [0, 0.05) is 11.6 Å². The average molecular weight is 261 g/mol. The molecule has 0 bridgehead atoms. The molecular formula is C16H23NO2. The van der Waals surface area contributed by atoms with E-state index in [9.17, 15) is 9.90 Å². The molecule has 3 nitrogen and oxygen atoms in total. The number of benzene rings is 1. The molecule has 0 aliphatic heterocycles. The summed E-state index contributed by atoms with van der Waals surface area (Å²) in [6.07, 6.45) is 5.57. The predicted octanol–water partition coefficient (Wildman–Crippen LogP) is 3.86. The standard InChI is InChI=1S/C16H23NO2/c1-3-12-4-6-13(7-5-12)16(19)17-14-8-9-15(18)11(2)10-14/h8-10,12-13,18H,3-7H2,1-2H3,(H,17,19). The fourth-order valence-corrected chi connectivity index (χ4v) is 2.81. The normalized spacial score (nSPS) is 23.1. The number of phenols is 1. The van der Waals surface area contributed by atoms with Gasteiger partial charge in [-0.15, -0.1) is 0 Å². The Morgan fingerprint density at radius 3 is 2.58 bits per heavy atom. The second-order valence-corrected chi connectivity index (χ2v) is 5.62. The van der Waals surface area contributed by atoms with E-state index in [0.29, 0.717) is 0 Å². The minimum absolute atomic E-state index is 0.125. The van der Waals surface area contributed by atoms with Crippen molar-refractivity contribution < 1.29 is 9.90 Å². The SMILES string of the molecule is CCC1CCC(C(=O)Nc2ccc(O)c(C)c2)CC1. The van der Waals surface area contributed by atoms with E-state index < -0.39 is 0 Å². The number of hydrogen-bond acceptors (Lipinski definition) is 2. The number of carbonyl (C=O) groups excluding carboxylic acids is 1. The van der Waals surface area contributed by atoms with Crippen LogP contribution in [0.1, 0.15) is 44.6 Å². The maximum Gasteiger partial charge on any atom is 0.227 e. The van der Waals surface area contributed by atoms with Gasteiger partial charge >= 0.3 is 0 Å². The van der Waals surface area contributed by atoms with Gasteiger partial charge < -0.3 is 10.4 Å². The van der Waals surface area contributed by atoms with Crippen LogP contribution in [0.5, 0.6) is 5.75 Å². The van der Waals surface area contributed by atoms with Crippen molar-refractivity contribution in [3.8, 4) is 5.75 Å². The van der Waals surface area contributed by atoms with E-state index in [1.807, 2.05) is 13.0 Å². The van der Waals surface area contributed by atoms with E-state index in [-0.39, 0.29) is 17.6 Å². The zero-order chi connectivity index (χ0) is 13.8. The quantitative estimate of drug-likeness (QED) is 0.812. The molecule has 1 aromatic rings. The summed E-state index contributed by atoms with van der Waals surface area (Å²) in [5.74, 6) is 1.35. The smallest absolute Gasteiger partial charge is 0.227 e. The largest absolute Gasteiger partial charge is 0.508 e. The third-order valence-corrected chi connectivity index (χ3v) is 4.26. The van der Waals surface area contributed by atoms with Crippen molar-refractivity contribution in [2.45, 2.75) is 46.0 Å². The highest BCUT2D eigenvalue weighted by Crippen LogP contribution is 2.31. The number of nitrogens with one attached hydrogen (secondary N) is 1. The Balaban J connectivity index is 1.92. The maximum absolute atomic E-state index is 12.2. The summed E-state index contributed by atoms with van der Waals surface area (Å²) in [4.78, 5) is 12.2. The summed E-state index contributed by atoms with van der Waals surface area (Å²) in [7, 11) is 0. The van der Waals surface area contributed by atoms with Crippen LogP contribution in [0.15, 0.2) is 18.2 Å². The number of anilines is 1. The molecule has 2 N–H and O–H groups in total. The van der Waals surface area contributed by atoms with E-state index in [2.05, 4.69) is 12.2 Å². The average Bonchev–Trinajstić information content (AvgIpc) is 2.43. The molecule has 0 spiro atoms. The van der Waals surface area contributed by atoms with Crippen LogP contribution in [0.4, 0.5) is 5.69 Å². The molecule has 0 aromatic heterocycles. The Morgan fingerprint density at radius 1 is 1.32 bits per heavy atom. The summed E-state index contributed by atoms with van der Waals surface area (Å²) in [6.45, 7) is 4.06.